The second kappa shape index (κ2) is 6.30. The number of rotatable bonds is 2. The van der Waals surface area contributed by atoms with Gasteiger partial charge in [-0.2, -0.15) is 5.10 Å². The first-order valence-corrected chi connectivity index (χ1v) is 9.04. The fourth-order valence-electron chi connectivity index (χ4n) is 4.16. The minimum Gasteiger partial charge on any atom is -0.374 e. The highest BCUT2D eigenvalue weighted by atomic mass is 16.5. The Morgan fingerprint density at radius 3 is 2.72 bits per heavy atom. The minimum atomic E-state index is -0.0664. The lowest BCUT2D eigenvalue weighted by Crippen LogP contribution is -2.46. The van der Waals surface area contributed by atoms with Crippen molar-refractivity contribution in [1.29, 1.82) is 0 Å². The van der Waals surface area contributed by atoms with Crippen LogP contribution in [0.5, 0.6) is 0 Å². The van der Waals surface area contributed by atoms with E-state index < -0.39 is 0 Å². The number of carbonyl (C=O) groups is 1. The fraction of sp³-hybridized carbons (Fsp3) is 0.500. The molecule has 132 valence electrons. The van der Waals surface area contributed by atoms with Gasteiger partial charge in [-0.05, 0) is 43.4 Å². The van der Waals surface area contributed by atoms with Gasteiger partial charge in [-0.1, -0.05) is 18.2 Å². The predicted octanol–water partition coefficient (Wildman–Crippen LogP) is 2.91. The first-order valence-electron chi connectivity index (χ1n) is 9.04. The Morgan fingerprint density at radius 1 is 1.28 bits per heavy atom. The summed E-state index contributed by atoms with van der Waals surface area (Å²) >= 11 is 0. The second-order valence-electron chi connectivity index (χ2n) is 7.45. The van der Waals surface area contributed by atoms with Crippen molar-refractivity contribution in [2.24, 2.45) is 7.05 Å². The molecule has 1 amide bonds. The summed E-state index contributed by atoms with van der Waals surface area (Å²) in [7, 11) is 1.95. The Kier molecular flexibility index (Phi) is 4.12. The van der Waals surface area contributed by atoms with Crippen LogP contribution in [0.2, 0.25) is 0 Å². The zero-order valence-electron chi connectivity index (χ0n) is 14.9. The Morgan fingerprint density at radius 2 is 2.04 bits per heavy atom. The standard InChI is InChI=1S/C20H25N3O2/c1-15-5-3-4-6-18(15)19(24)23-9-7-20(8-10-23)11-16(14-25-20)17-12-21-22(2)13-17/h3-6,12-13,16H,7-11,14H2,1-2H3/t16-/m0/s1. The number of hydrogen-bond donors (Lipinski definition) is 0. The molecule has 0 saturated carbocycles. The van der Waals surface area contributed by atoms with E-state index in [-0.39, 0.29) is 11.5 Å². The maximum atomic E-state index is 12.8. The molecule has 0 bridgehead atoms. The molecule has 0 aliphatic carbocycles. The molecule has 2 aliphatic heterocycles. The van der Waals surface area contributed by atoms with Gasteiger partial charge in [-0.15, -0.1) is 0 Å². The molecule has 0 unspecified atom stereocenters. The number of nitrogens with zero attached hydrogens (tertiary/aromatic N) is 3. The third-order valence-corrected chi connectivity index (χ3v) is 5.74. The van der Waals surface area contributed by atoms with Crippen molar-refractivity contribution in [1.82, 2.24) is 14.7 Å². The van der Waals surface area contributed by atoms with Gasteiger partial charge in [-0.3, -0.25) is 9.48 Å². The maximum absolute atomic E-state index is 12.8. The third kappa shape index (κ3) is 3.09. The van der Waals surface area contributed by atoms with Crippen molar-refractivity contribution in [3.63, 3.8) is 0 Å². The van der Waals surface area contributed by atoms with Crippen molar-refractivity contribution in [2.45, 2.75) is 37.7 Å². The molecule has 0 N–H and O–H groups in total. The molecule has 2 aliphatic rings. The van der Waals surface area contributed by atoms with Crippen LogP contribution >= 0.6 is 0 Å². The molecular weight excluding hydrogens is 314 g/mol. The third-order valence-electron chi connectivity index (χ3n) is 5.74. The fourth-order valence-corrected chi connectivity index (χ4v) is 4.16. The lowest BCUT2D eigenvalue weighted by molar-refractivity contribution is -0.0388. The van der Waals surface area contributed by atoms with E-state index in [9.17, 15) is 4.79 Å². The van der Waals surface area contributed by atoms with Crippen LogP contribution in [0.4, 0.5) is 0 Å². The summed E-state index contributed by atoms with van der Waals surface area (Å²) in [6, 6.07) is 7.83. The van der Waals surface area contributed by atoms with Gasteiger partial charge in [0.2, 0.25) is 0 Å². The summed E-state index contributed by atoms with van der Waals surface area (Å²) in [4.78, 5) is 14.8. The van der Waals surface area contributed by atoms with Crippen LogP contribution in [0.3, 0.4) is 0 Å². The van der Waals surface area contributed by atoms with Crippen LogP contribution < -0.4 is 0 Å². The van der Waals surface area contributed by atoms with Crippen LogP contribution in [-0.4, -0.2) is 45.9 Å². The highest BCUT2D eigenvalue weighted by molar-refractivity contribution is 5.95. The van der Waals surface area contributed by atoms with Crippen molar-refractivity contribution in [3.05, 3.63) is 53.3 Å². The first kappa shape index (κ1) is 16.3. The number of amides is 1. The van der Waals surface area contributed by atoms with Crippen LogP contribution in [0, 0.1) is 6.92 Å². The van der Waals surface area contributed by atoms with Crippen LogP contribution in [0.15, 0.2) is 36.7 Å². The number of aryl methyl sites for hydroxylation is 2. The summed E-state index contributed by atoms with van der Waals surface area (Å²) < 4.78 is 8.09. The van der Waals surface area contributed by atoms with Gasteiger partial charge in [0, 0.05) is 37.8 Å². The van der Waals surface area contributed by atoms with Gasteiger partial charge in [0.15, 0.2) is 0 Å². The van der Waals surface area contributed by atoms with Gasteiger partial charge in [0.25, 0.3) is 5.91 Å². The SMILES string of the molecule is Cc1ccccc1C(=O)N1CCC2(CC1)C[C@H](c1cnn(C)c1)CO2. The van der Waals surface area contributed by atoms with Crippen molar-refractivity contribution in [3.8, 4) is 0 Å². The molecule has 1 aromatic carbocycles. The van der Waals surface area contributed by atoms with Crippen LogP contribution in [0.25, 0.3) is 0 Å². The molecule has 2 saturated heterocycles. The average molecular weight is 339 g/mol. The molecule has 1 atom stereocenters. The van der Waals surface area contributed by atoms with Crippen molar-refractivity contribution >= 4 is 5.91 Å². The van der Waals surface area contributed by atoms with Gasteiger partial charge >= 0.3 is 0 Å². The summed E-state index contributed by atoms with van der Waals surface area (Å²) in [6.07, 6.45) is 6.90. The highest BCUT2D eigenvalue weighted by Crippen LogP contribution is 2.42. The zero-order chi connectivity index (χ0) is 17.4. The van der Waals surface area contributed by atoms with E-state index in [0.29, 0.717) is 5.92 Å². The Balaban J connectivity index is 1.40. The number of hydrogen-bond acceptors (Lipinski definition) is 3. The summed E-state index contributed by atoms with van der Waals surface area (Å²) in [5.41, 5.74) is 3.06. The number of carbonyl (C=O) groups excluding carboxylic acids is 1. The molecular formula is C20H25N3O2. The lowest BCUT2D eigenvalue weighted by atomic mass is 9.83. The van der Waals surface area contributed by atoms with Crippen molar-refractivity contribution in [2.75, 3.05) is 19.7 Å². The van der Waals surface area contributed by atoms with E-state index in [4.69, 9.17) is 4.74 Å². The normalized spacial score (nSPS) is 22.5. The van der Waals surface area contributed by atoms with E-state index in [0.717, 1.165) is 50.1 Å². The van der Waals surface area contributed by atoms with Gasteiger partial charge in [0.1, 0.15) is 0 Å². The monoisotopic (exact) mass is 339 g/mol. The minimum absolute atomic E-state index is 0.0664. The van der Waals surface area contributed by atoms with Gasteiger partial charge in [-0.25, -0.2) is 0 Å². The Bertz CT molecular complexity index is 775. The smallest absolute Gasteiger partial charge is 0.254 e. The topological polar surface area (TPSA) is 47.4 Å². The van der Waals surface area contributed by atoms with Crippen LogP contribution in [0.1, 0.15) is 46.7 Å². The van der Waals surface area contributed by atoms with Crippen LogP contribution in [-0.2, 0) is 11.8 Å². The summed E-state index contributed by atoms with van der Waals surface area (Å²) in [5, 5.41) is 4.28. The number of benzene rings is 1. The van der Waals surface area contributed by atoms with E-state index in [2.05, 4.69) is 11.3 Å². The number of ether oxygens (including phenoxy) is 1. The zero-order valence-corrected chi connectivity index (χ0v) is 14.9. The molecule has 2 fully saturated rings. The first-order chi connectivity index (χ1) is 12.1. The molecule has 3 heterocycles. The lowest BCUT2D eigenvalue weighted by Gasteiger charge is -2.39. The van der Waals surface area contributed by atoms with Crippen molar-refractivity contribution < 1.29 is 9.53 Å². The average Bonchev–Trinajstić information content (AvgIpc) is 3.22. The molecule has 5 nitrogen and oxygen atoms in total. The molecule has 1 aromatic heterocycles. The van der Waals surface area contributed by atoms with E-state index in [1.165, 1.54) is 5.56 Å². The van der Waals surface area contributed by atoms with Gasteiger partial charge in [0.05, 0.1) is 18.4 Å². The second-order valence-corrected chi connectivity index (χ2v) is 7.45. The molecule has 5 heteroatoms. The highest BCUT2D eigenvalue weighted by Gasteiger charge is 2.44. The Hall–Kier alpha value is -2.14. The predicted molar refractivity (Wildman–Crippen MR) is 95.6 cm³/mol. The molecule has 4 rings (SSSR count). The van der Waals surface area contributed by atoms with Gasteiger partial charge < -0.3 is 9.64 Å². The number of aromatic nitrogens is 2. The summed E-state index contributed by atoms with van der Waals surface area (Å²) in [5.74, 6) is 0.571. The Labute approximate surface area is 148 Å². The quantitative estimate of drug-likeness (QED) is 0.845. The molecule has 0 radical (unpaired) electrons. The molecule has 1 spiro atoms. The maximum Gasteiger partial charge on any atom is 0.254 e. The largest absolute Gasteiger partial charge is 0.374 e. The molecule has 25 heavy (non-hydrogen) atoms. The molecule has 2 aromatic rings. The van der Waals surface area contributed by atoms with E-state index >= 15 is 0 Å². The summed E-state index contributed by atoms with van der Waals surface area (Å²) in [6.45, 7) is 4.30. The number of piperidine rings is 1. The van der Waals surface area contributed by atoms with E-state index in [1.54, 1.807) is 0 Å². The van der Waals surface area contributed by atoms with E-state index in [1.807, 2.05) is 54.0 Å². The number of likely N-dealkylation sites (tertiary alicyclic amines) is 1.